The highest BCUT2D eigenvalue weighted by molar-refractivity contribution is 5.52. The van der Waals surface area contributed by atoms with Crippen molar-refractivity contribution < 1.29 is 0 Å². The average Bonchev–Trinajstić information content (AvgIpc) is 3.13. The first-order valence-corrected chi connectivity index (χ1v) is 7.73. The zero-order valence-electron chi connectivity index (χ0n) is 12.7. The second kappa shape index (κ2) is 6.72. The number of hydrogen-bond acceptors (Lipinski definition) is 2. The summed E-state index contributed by atoms with van der Waals surface area (Å²) in [4.78, 5) is 6.75. The molecule has 3 nitrogen and oxygen atoms in total. The molecule has 0 N–H and O–H groups in total. The van der Waals surface area contributed by atoms with Crippen molar-refractivity contribution in [1.82, 2.24) is 14.5 Å². The molecular formula is C18H23N3. The van der Waals surface area contributed by atoms with Crippen molar-refractivity contribution in [3.05, 3.63) is 60.2 Å². The third-order valence-corrected chi connectivity index (χ3v) is 4.14. The minimum atomic E-state index is 0.637. The highest BCUT2D eigenvalue weighted by Gasteiger charge is 2.24. The van der Waals surface area contributed by atoms with E-state index >= 15 is 0 Å². The number of aromatic nitrogens is 2. The lowest BCUT2D eigenvalue weighted by Crippen LogP contribution is -2.33. The Hall–Kier alpha value is -1.87. The van der Waals surface area contributed by atoms with Crippen molar-refractivity contribution in [2.45, 2.75) is 32.4 Å². The Bertz CT molecular complexity index is 572. The Morgan fingerprint density at radius 3 is 2.95 bits per heavy atom. The molecule has 0 aliphatic carbocycles. The molecule has 110 valence electrons. The Balaban J connectivity index is 1.62. The van der Waals surface area contributed by atoms with Crippen molar-refractivity contribution in [3.63, 3.8) is 0 Å². The fraction of sp³-hybridized carbons (Fsp3) is 0.389. The van der Waals surface area contributed by atoms with E-state index in [4.69, 9.17) is 0 Å². The molecule has 1 atom stereocenters. The molecule has 3 heteroatoms. The van der Waals surface area contributed by atoms with Gasteiger partial charge in [-0.05, 0) is 31.9 Å². The van der Waals surface area contributed by atoms with Crippen LogP contribution >= 0.6 is 0 Å². The largest absolute Gasteiger partial charge is 0.336 e. The van der Waals surface area contributed by atoms with Gasteiger partial charge in [0.05, 0.1) is 6.33 Å². The van der Waals surface area contributed by atoms with E-state index in [0.717, 1.165) is 13.1 Å². The van der Waals surface area contributed by atoms with Crippen LogP contribution in [-0.4, -0.2) is 33.6 Å². The summed E-state index contributed by atoms with van der Waals surface area (Å²) in [7, 11) is 0. The summed E-state index contributed by atoms with van der Waals surface area (Å²) in [5.41, 5.74) is 2.72. The van der Waals surface area contributed by atoms with Gasteiger partial charge in [-0.25, -0.2) is 4.98 Å². The van der Waals surface area contributed by atoms with Crippen LogP contribution in [0.3, 0.4) is 0 Å². The smallest absolute Gasteiger partial charge is 0.0946 e. The van der Waals surface area contributed by atoms with Gasteiger partial charge < -0.3 is 4.57 Å². The molecule has 1 aliphatic rings. The van der Waals surface area contributed by atoms with Gasteiger partial charge in [-0.1, -0.05) is 42.0 Å². The molecule has 1 unspecified atom stereocenters. The first kappa shape index (κ1) is 14.1. The van der Waals surface area contributed by atoms with Gasteiger partial charge >= 0.3 is 0 Å². The van der Waals surface area contributed by atoms with Crippen LogP contribution in [0, 0.1) is 0 Å². The molecule has 2 aromatic rings. The zero-order chi connectivity index (χ0) is 14.5. The van der Waals surface area contributed by atoms with Gasteiger partial charge in [-0.2, -0.15) is 0 Å². The van der Waals surface area contributed by atoms with E-state index in [9.17, 15) is 0 Å². The van der Waals surface area contributed by atoms with E-state index in [1.165, 1.54) is 30.5 Å². The fourth-order valence-corrected chi connectivity index (χ4v) is 3.15. The molecule has 21 heavy (non-hydrogen) atoms. The van der Waals surface area contributed by atoms with E-state index in [0.29, 0.717) is 6.04 Å². The summed E-state index contributed by atoms with van der Waals surface area (Å²) in [5, 5.41) is 0. The number of imidazole rings is 1. The van der Waals surface area contributed by atoms with Crippen LogP contribution in [0.2, 0.25) is 0 Å². The molecule has 1 aromatic heterocycles. The summed E-state index contributed by atoms with van der Waals surface area (Å²) in [6.07, 6.45) is 10.7. The summed E-state index contributed by atoms with van der Waals surface area (Å²) in [6, 6.07) is 11.2. The molecule has 1 fully saturated rings. The highest BCUT2D eigenvalue weighted by atomic mass is 15.2. The average molecular weight is 281 g/mol. The maximum absolute atomic E-state index is 4.14. The van der Waals surface area contributed by atoms with Crippen LogP contribution in [0.15, 0.2) is 54.6 Å². The van der Waals surface area contributed by atoms with E-state index in [2.05, 4.69) is 64.0 Å². The SMILES string of the molecule is C/C(=C\c1ccccc1)CN1CCCC1Cn1ccnc1. The molecule has 0 saturated carbocycles. The molecule has 3 rings (SSSR count). The highest BCUT2D eigenvalue weighted by Crippen LogP contribution is 2.20. The summed E-state index contributed by atoms with van der Waals surface area (Å²) in [5.74, 6) is 0. The topological polar surface area (TPSA) is 21.1 Å². The lowest BCUT2D eigenvalue weighted by Gasteiger charge is -2.25. The van der Waals surface area contributed by atoms with Gasteiger partial charge in [-0.15, -0.1) is 0 Å². The maximum atomic E-state index is 4.14. The van der Waals surface area contributed by atoms with Gasteiger partial charge in [0, 0.05) is 31.5 Å². The predicted octanol–water partition coefficient (Wildman–Crippen LogP) is 3.45. The van der Waals surface area contributed by atoms with E-state index in [-0.39, 0.29) is 0 Å². The molecular weight excluding hydrogens is 258 g/mol. The Kier molecular flexibility index (Phi) is 4.51. The minimum absolute atomic E-state index is 0.637. The van der Waals surface area contributed by atoms with Crippen LogP contribution in [0.1, 0.15) is 25.3 Å². The van der Waals surface area contributed by atoms with Crippen molar-refractivity contribution >= 4 is 6.08 Å². The van der Waals surface area contributed by atoms with Gasteiger partial charge in [-0.3, -0.25) is 4.90 Å². The van der Waals surface area contributed by atoms with Crippen molar-refractivity contribution in [1.29, 1.82) is 0 Å². The number of rotatable bonds is 5. The first-order chi connectivity index (χ1) is 10.3. The van der Waals surface area contributed by atoms with Crippen LogP contribution in [0.5, 0.6) is 0 Å². The molecule has 1 saturated heterocycles. The first-order valence-electron chi connectivity index (χ1n) is 7.73. The molecule has 1 aliphatic heterocycles. The van der Waals surface area contributed by atoms with Gasteiger partial charge in [0.2, 0.25) is 0 Å². The normalized spacial score (nSPS) is 20.0. The minimum Gasteiger partial charge on any atom is -0.336 e. The number of hydrogen-bond donors (Lipinski definition) is 0. The predicted molar refractivity (Wildman–Crippen MR) is 86.9 cm³/mol. The van der Waals surface area contributed by atoms with Crippen LogP contribution in [0.25, 0.3) is 6.08 Å². The van der Waals surface area contributed by atoms with Gasteiger partial charge in [0.15, 0.2) is 0 Å². The maximum Gasteiger partial charge on any atom is 0.0946 e. The summed E-state index contributed by atoms with van der Waals surface area (Å²) in [6.45, 7) is 5.56. The monoisotopic (exact) mass is 281 g/mol. The van der Waals surface area contributed by atoms with Crippen molar-refractivity contribution in [2.75, 3.05) is 13.1 Å². The van der Waals surface area contributed by atoms with Crippen LogP contribution in [-0.2, 0) is 6.54 Å². The quantitative estimate of drug-likeness (QED) is 0.837. The van der Waals surface area contributed by atoms with E-state index < -0.39 is 0 Å². The van der Waals surface area contributed by atoms with Crippen LogP contribution in [0.4, 0.5) is 0 Å². The second-order valence-corrected chi connectivity index (χ2v) is 5.93. The van der Waals surface area contributed by atoms with E-state index in [1.54, 1.807) is 0 Å². The molecule has 0 bridgehead atoms. The standard InChI is InChI=1S/C18H23N3/c1-16(12-17-6-3-2-4-7-17)13-21-10-5-8-18(21)14-20-11-9-19-15-20/h2-4,6-7,9,11-12,15,18H,5,8,10,13-14H2,1H3/b16-12+. The molecule has 0 radical (unpaired) electrons. The molecule has 2 heterocycles. The number of nitrogens with zero attached hydrogens (tertiary/aromatic N) is 3. The number of benzene rings is 1. The lowest BCUT2D eigenvalue weighted by atomic mass is 10.1. The third kappa shape index (κ3) is 3.82. The van der Waals surface area contributed by atoms with Crippen molar-refractivity contribution in [3.8, 4) is 0 Å². The fourth-order valence-electron chi connectivity index (χ4n) is 3.15. The third-order valence-electron chi connectivity index (χ3n) is 4.14. The zero-order valence-corrected chi connectivity index (χ0v) is 12.7. The Morgan fingerprint density at radius 1 is 1.33 bits per heavy atom. The summed E-state index contributed by atoms with van der Waals surface area (Å²) < 4.78 is 2.19. The van der Waals surface area contributed by atoms with Gasteiger partial charge in [0.1, 0.15) is 0 Å². The molecule has 0 amide bonds. The number of likely N-dealkylation sites (tertiary alicyclic amines) is 1. The van der Waals surface area contributed by atoms with Gasteiger partial charge in [0.25, 0.3) is 0 Å². The molecule has 1 aromatic carbocycles. The lowest BCUT2D eigenvalue weighted by molar-refractivity contribution is 0.251. The van der Waals surface area contributed by atoms with E-state index in [1.807, 2.05) is 12.5 Å². The van der Waals surface area contributed by atoms with Crippen LogP contribution < -0.4 is 0 Å². The Labute approximate surface area is 126 Å². The summed E-state index contributed by atoms with van der Waals surface area (Å²) >= 11 is 0. The Morgan fingerprint density at radius 2 is 2.19 bits per heavy atom. The molecule has 0 spiro atoms. The van der Waals surface area contributed by atoms with Crippen molar-refractivity contribution in [2.24, 2.45) is 0 Å². The second-order valence-electron chi connectivity index (χ2n) is 5.93.